The highest BCUT2D eigenvalue weighted by Gasteiger charge is 2.33. The van der Waals surface area contributed by atoms with E-state index in [4.69, 9.17) is 11.6 Å². The smallest absolute Gasteiger partial charge is 0.229 e. The third-order valence-corrected chi connectivity index (χ3v) is 7.86. The molecule has 2 unspecified atom stereocenters. The van der Waals surface area contributed by atoms with Crippen LogP contribution in [0.15, 0.2) is 24.4 Å². The third kappa shape index (κ3) is 4.73. The predicted octanol–water partition coefficient (Wildman–Crippen LogP) is 4.27. The lowest BCUT2D eigenvalue weighted by molar-refractivity contribution is 0.0649. The van der Waals surface area contributed by atoms with Crippen molar-refractivity contribution in [3.05, 3.63) is 40.8 Å². The van der Waals surface area contributed by atoms with E-state index >= 15 is 0 Å². The molecule has 0 radical (unpaired) electrons. The fourth-order valence-electron chi connectivity index (χ4n) is 5.55. The summed E-state index contributed by atoms with van der Waals surface area (Å²) >= 11 is 6.49. The lowest BCUT2D eigenvalue weighted by atomic mass is 9.83. The summed E-state index contributed by atoms with van der Waals surface area (Å²) < 4.78 is 1.70. The Morgan fingerprint density at radius 2 is 2.00 bits per heavy atom. The minimum Gasteiger partial charge on any atom is -0.368 e. The van der Waals surface area contributed by atoms with E-state index in [9.17, 15) is 5.26 Å². The summed E-state index contributed by atoms with van der Waals surface area (Å²) in [5, 5.41) is 29.1. The molecule has 3 aliphatic rings. The SMILES string of the molecule is N#Cc1cnc(Nc2ccc(Cl)c(-n3nnnc3C3CC3)c2)nc1NCC1CCCN2CCCCC12. The molecule has 2 saturated heterocycles. The molecular formula is C25H29ClN10. The fraction of sp³-hybridized carbons (Fsp3) is 0.520. The summed E-state index contributed by atoms with van der Waals surface area (Å²) in [7, 11) is 0. The maximum absolute atomic E-state index is 9.64. The molecule has 6 rings (SSSR count). The van der Waals surface area contributed by atoms with Gasteiger partial charge in [-0.3, -0.25) is 0 Å². The summed E-state index contributed by atoms with van der Waals surface area (Å²) in [5.74, 6) is 2.75. The number of benzene rings is 1. The van der Waals surface area contributed by atoms with Crippen LogP contribution in [0.3, 0.4) is 0 Å². The van der Waals surface area contributed by atoms with Crippen LogP contribution in [0.1, 0.15) is 62.3 Å². The average Bonchev–Trinajstić information content (AvgIpc) is 3.65. The van der Waals surface area contributed by atoms with Crippen LogP contribution in [-0.4, -0.2) is 60.8 Å². The largest absolute Gasteiger partial charge is 0.368 e. The zero-order valence-electron chi connectivity index (χ0n) is 20.1. The fourth-order valence-corrected chi connectivity index (χ4v) is 5.74. The maximum Gasteiger partial charge on any atom is 0.229 e. The van der Waals surface area contributed by atoms with Gasteiger partial charge in [-0.05, 0) is 86.2 Å². The van der Waals surface area contributed by atoms with E-state index in [2.05, 4.69) is 47.1 Å². The van der Waals surface area contributed by atoms with Gasteiger partial charge in [0.05, 0.1) is 16.9 Å². The Morgan fingerprint density at radius 1 is 1.11 bits per heavy atom. The van der Waals surface area contributed by atoms with Crippen molar-refractivity contribution in [2.75, 3.05) is 30.3 Å². The molecule has 0 bridgehead atoms. The van der Waals surface area contributed by atoms with Crippen LogP contribution in [0.2, 0.25) is 5.02 Å². The molecule has 2 N–H and O–H groups in total. The Hall–Kier alpha value is -3.29. The zero-order chi connectivity index (χ0) is 24.5. The number of aromatic nitrogens is 6. The van der Waals surface area contributed by atoms with Crippen LogP contribution in [0.5, 0.6) is 0 Å². The number of hydrogen-bond donors (Lipinski definition) is 2. The van der Waals surface area contributed by atoms with Gasteiger partial charge in [0.15, 0.2) is 5.82 Å². The Kier molecular flexibility index (Phi) is 6.42. The van der Waals surface area contributed by atoms with E-state index in [0.717, 1.165) is 30.9 Å². The lowest BCUT2D eigenvalue weighted by Gasteiger charge is -2.44. The molecule has 0 amide bonds. The summed E-state index contributed by atoms with van der Waals surface area (Å²) in [6, 6.07) is 8.40. The normalized spacial score (nSPS) is 22.0. The van der Waals surface area contributed by atoms with Crippen LogP contribution < -0.4 is 10.6 Å². The van der Waals surface area contributed by atoms with E-state index in [1.807, 2.05) is 12.1 Å². The number of fused-ring (bicyclic) bond motifs is 1. The minimum absolute atomic E-state index is 0.382. The van der Waals surface area contributed by atoms with Crippen LogP contribution in [0.25, 0.3) is 5.69 Å². The number of nitriles is 1. The first kappa shape index (κ1) is 23.1. The number of nitrogens with one attached hydrogen (secondary N) is 2. The van der Waals surface area contributed by atoms with Gasteiger partial charge in [-0.15, -0.1) is 5.10 Å². The Bertz CT molecular complexity index is 1280. The number of nitrogens with zero attached hydrogens (tertiary/aromatic N) is 8. The van der Waals surface area contributed by atoms with E-state index in [1.54, 1.807) is 16.9 Å². The minimum atomic E-state index is 0.382. The second-order valence-corrected chi connectivity index (χ2v) is 10.4. The Balaban J connectivity index is 1.19. The Labute approximate surface area is 215 Å². The number of halogens is 1. The van der Waals surface area contributed by atoms with Crippen molar-refractivity contribution in [2.45, 2.75) is 56.9 Å². The molecule has 186 valence electrons. The van der Waals surface area contributed by atoms with Crippen molar-refractivity contribution in [2.24, 2.45) is 5.92 Å². The molecule has 4 heterocycles. The summed E-state index contributed by atoms with van der Waals surface area (Å²) in [5.41, 5.74) is 1.90. The molecule has 2 aliphatic heterocycles. The molecule has 1 aliphatic carbocycles. The number of hydrogen-bond acceptors (Lipinski definition) is 9. The molecular weight excluding hydrogens is 476 g/mol. The highest BCUT2D eigenvalue weighted by molar-refractivity contribution is 6.32. The maximum atomic E-state index is 9.64. The summed E-state index contributed by atoms with van der Waals surface area (Å²) in [4.78, 5) is 11.7. The van der Waals surface area contributed by atoms with Gasteiger partial charge in [-0.2, -0.15) is 14.9 Å². The number of piperidine rings is 2. The molecule has 3 aromatic rings. The van der Waals surface area contributed by atoms with Crippen molar-refractivity contribution in [1.82, 2.24) is 35.1 Å². The lowest BCUT2D eigenvalue weighted by Crippen LogP contribution is -2.49. The van der Waals surface area contributed by atoms with Crippen LogP contribution in [0, 0.1) is 17.2 Å². The molecule has 0 spiro atoms. The molecule has 3 fully saturated rings. The molecule has 2 atom stereocenters. The first-order chi connectivity index (χ1) is 17.7. The van der Waals surface area contributed by atoms with Crippen molar-refractivity contribution in [1.29, 1.82) is 5.26 Å². The van der Waals surface area contributed by atoms with Gasteiger partial charge < -0.3 is 15.5 Å². The standard InChI is InChI=1S/C25H29ClN10/c26-20-9-8-19(12-22(20)36-24(16-6-7-16)32-33-34-36)30-25-29-15-18(13-27)23(31-25)28-14-17-4-3-11-35-10-2-1-5-21(17)35/h8-9,12,15-17,21H,1-7,10-11,14H2,(H2,28,29,30,31). The molecule has 36 heavy (non-hydrogen) atoms. The van der Waals surface area contributed by atoms with E-state index < -0.39 is 0 Å². The second kappa shape index (κ2) is 9.99. The average molecular weight is 505 g/mol. The van der Waals surface area contributed by atoms with E-state index in [1.165, 1.54) is 45.2 Å². The number of tetrazole rings is 1. The monoisotopic (exact) mass is 504 g/mol. The molecule has 1 aromatic carbocycles. The number of rotatable bonds is 7. The molecule has 10 nitrogen and oxygen atoms in total. The van der Waals surface area contributed by atoms with Gasteiger partial charge in [0.1, 0.15) is 17.5 Å². The Morgan fingerprint density at radius 3 is 2.86 bits per heavy atom. The van der Waals surface area contributed by atoms with Crippen molar-refractivity contribution < 1.29 is 0 Å². The van der Waals surface area contributed by atoms with E-state index in [0.29, 0.717) is 45.9 Å². The second-order valence-electron chi connectivity index (χ2n) is 9.96. The van der Waals surface area contributed by atoms with Gasteiger partial charge in [-0.1, -0.05) is 18.0 Å². The topological polar surface area (TPSA) is 120 Å². The third-order valence-electron chi connectivity index (χ3n) is 7.54. The molecule has 1 saturated carbocycles. The number of anilines is 3. The van der Waals surface area contributed by atoms with Crippen molar-refractivity contribution in [3.8, 4) is 11.8 Å². The van der Waals surface area contributed by atoms with Gasteiger partial charge >= 0.3 is 0 Å². The van der Waals surface area contributed by atoms with Gasteiger partial charge in [0.25, 0.3) is 0 Å². The molecule has 2 aromatic heterocycles. The summed E-state index contributed by atoms with van der Waals surface area (Å²) in [6.07, 6.45) is 10.0. The van der Waals surface area contributed by atoms with E-state index in [-0.39, 0.29) is 0 Å². The van der Waals surface area contributed by atoms with Crippen molar-refractivity contribution in [3.63, 3.8) is 0 Å². The van der Waals surface area contributed by atoms with Crippen molar-refractivity contribution >= 4 is 29.1 Å². The predicted molar refractivity (Wildman–Crippen MR) is 137 cm³/mol. The van der Waals surface area contributed by atoms with Gasteiger partial charge in [0, 0.05) is 24.2 Å². The highest BCUT2D eigenvalue weighted by Crippen LogP contribution is 2.40. The first-order valence-corrected chi connectivity index (χ1v) is 13.2. The molecule has 11 heteroatoms. The highest BCUT2D eigenvalue weighted by atomic mass is 35.5. The summed E-state index contributed by atoms with van der Waals surface area (Å²) in [6.45, 7) is 3.23. The van der Waals surface area contributed by atoms with Crippen LogP contribution >= 0.6 is 11.6 Å². The zero-order valence-corrected chi connectivity index (χ0v) is 20.8. The first-order valence-electron chi connectivity index (χ1n) is 12.8. The van der Waals surface area contributed by atoms with Crippen LogP contribution in [0.4, 0.5) is 17.5 Å². The van der Waals surface area contributed by atoms with Crippen LogP contribution in [-0.2, 0) is 0 Å². The van der Waals surface area contributed by atoms with Gasteiger partial charge in [-0.25, -0.2) is 4.98 Å². The quantitative estimate of drug-likeness (QED) is 0.485. The van der Waals surface area contributed by atoms with Gasteiger partial charge in [0.2, 0.25) is 5.95 Å².